The van der Waals surface area contributed by atoms with Crippen molar-refractivity contribution in [3.8, 4) is 6.07 Å². The second kappa shape index (κ2) is 7.58. The highest BCUT2D eigenvalue weighted by molar-refractivity contribution is 5.79. The lowest BCUT2D eigenvalue weighted by atomic mass is 9.81. The molecule has 0 N–H and O–H groups in total. The van der Waals surface area contributed by atoms with E-state index < -0.39 is 5.54 Å². The topological polar surface area (TPSA) is 47.3 Å². The third kappa shape index (κ3) is 3.57. The van der Waals surface area contributed by atoms with Crippen LogP contribution in [0.4, 0.5) is 0 Å². The Hall–Kier alpha value is -1.86. The van der Waals surface area contributed by atoms with E-state index in [0.717, 1.165) is 44.9 Å². The van der Waals surface area contributed by atoms with Gasteiger partial charge in [-0.2, -0.15) is 5.26 Å². The number of aryl methyl sites for hydroxylation is 1. The molecule has 0 aliphatic heterocycles. The van der Waals surface area contributed by atoms with Crippen molar-refractivity contribution in [2.75, 3.05) is 20.6 Å². The van der Waals surface area contributed by atoms with E-state index in [1.54, 1.807) is 4.90 Å². The molecule has 0 bridgehead atoms. The molecule has 0 heterocycles. The molecule has 2 aliphatic rings. The third-order valence-corrected chi connectivity index (χ3v) is 6.16. The Kier molecular flexibility index (Phi) is 5.44. The molecule has 0 radical (unpaired) electrons. The van der Waals surface area contributed by atoms with E-state index >= 15 is 0 Å². The summed E-state index contributed by atoms with van der Waals surface area (Å²) in [4.78, 5) is 16.8. The Morgan fingerprint density at radius 3 is 2.64 bits per heavy atom. The summed E-state index contributed by atoms with van der Waals surface area (Å²) in [5.74, 6) is 0.0639. The number of nitrogens with zero attached hydrogens (tertiary/aromatic N) is 3. The molecule has 1 aromatic carbocycles. The number of nitriles is 1. The van der Waals surface area contributed by atoms with Gasteiger partial charge in [-0.15, -0.1) is 0 Å². The summed E-state index contributed by atoms with van der Waals surface area (Å²) < 4.78 is 0. The highest BCUT2D eigenvalue weighted by Crippen LogP contribution is 2.35. The van der Waals surface area contributed by atoms with Crippen LogP contribution in [0.3, 0.4) is 0 Å². The molecular weight excluding hydrogens is 310 g/mol. The molecular formula is C21H29N3O. The molecule has 25 heavy (non-hydrogen) atoms. The molecule has 1 amide bonds. The summed E-state index contributed by atoms with van der Waals surface area (Å²) in [6.07, 6.45) is 8.25. The van der Waals surface area contributed by atoms with Crippen LogP contribution in [-0.2, 0) is 11.2 Å². The summed E-state index contributed by atoms with van der Waals surface area (Å²) >= 11 is 0. The van der Waals surface area contributed by atoms with Crippen LogP contribution in [0.2, 0.25) is 0 Å². The maximum atomic E-state index is 12.9. The van der Waals surface area contributed by atoms with Gasteiger partial charge in [0.15, 0.2) is 0 Å². The number of fused-ring (bicyclic) bond motifs is 1. The predicted octanol–water partition coefficient (Wildman–Crippen LogP) is 3.68. The first-order valence-corrected chi connectivity index (χ1v) is 9.53. The Morgan fingerprint density at radius 2 is 1.92 bits per heavy atom. The zero-order valence-corrected chi connectivity index (χ0v) is 15.5. The lowest BCUT2D eigenvalue weighted by Gasteiger charge is -2.40. The molecule has 134 valence electrons. The standard InChI is InChI=1S/C21H29N3O/c1-23(19-12-8-10-17-9-4-5-11-18(17)19)15-20(25)24(2)21(16-22)13-6-3-7-14-21/h4-5,9,11,19H,3,6-8,10,12-15H2,1-2H3/t19-/m0/s1. The van der Waals surface area contributed by atoms with E-state index in [4.69, 9.17) is 0 Å². The smallest absolute Gasteiger partial charge is 0.237 e. The van der Waals surface area contributed by atoms with Crippen molar-refractivity contribution >= 4 is 5.91 Å². The fourth-order valence-electron chi connectivity index (χ4n) is 4.51. The van der Waals surface area contributed by atoms with Crippen molar-refractivity contribution in [1.82, 2.24) is 9.80 Å². The lowest BCUT2D eigenvalue weighted by molar-refractivity contribution is -0.136. The van der Waals surface area contributed by atoms with Gasteiger partial charge in [0.25, 0.3) is 0 Å². The second-order valence-electron chi connectivity index (χ2n) is 7.68. The van der Waals surface area contributed by atoms with Crippen LogP contribution in [0, 0.1) is 11.3 Å². The molecule has 4 heteroatoms. The van der Waals surface area contributed by atoms with Gasteiger partial charge in [0.2, 0.25) is 5.91 Å². The van der Waals surface area contributed by atoms with Gasteiger partial charge in [-0.25, -0.2) is 0 Å². The Balaban J connectivity index is 1.70. The molecule has 1 atom stereocenters. The van der Waals surface area contributed by atoms with Gasteiger partial charge in [0.05, 0.1) is 12.6 Å². The Morgan fingerprint density at radius 1 is 1.20 bits per heavy atom. The number of rotatable bonds is 4. The van der Waals surface area contributed by atoms with Crippen LogP contribution in [0.15, 0.2) is 24.3 Å². The van der Waals surface area contributed by atoms with Gasteiger partial charge in [-0.1, -0.05) is 43.5 Å². The monoisotopic (exact) mass is 339 g/mol. The van der Waals surface area contributed by atoms with Crippen molar-refractivity contribution in [3.63, 3.8) is 0 Å². The molecule has 0 unspecified atom stereocenters. The summed E-state index contributed by atoms with van der Waals surface area (Å²) in [6, 6.07) is 11.3. The maximum absolute atomic E-state index is 12.9. The molecule has 4 nitrogen and oxygen atoms in total. The van der Waals surface area contributed by atoms with Crippen molar-refractivity contribution in [3.05, 3.63) is 35.4 Å². The minimum atomic E-state index is -0.597. The van der Waals surface area contributed by atoms with Gasteiger partial charge < -0.3 is 4.90 Å². The van der Waals surface area contributed by atoms with Crippen molar-refractivity contribution in [2.24, 2.45) is 0 Å². The normalized spacial score (nSPS) is 22.1. The second-order valence-corrected chi connectivity index (χ2v) is 7.68. The van der Waals surface area contributed by atoms with E-state index in [0.29, 0.717) is 12.6 Å². The van der Waals surface area contributed by atoms with Crippen LogP contribution in [-0.4, -0.2) is 41.9 Å². The number of likely N-dealkylation sites (N-methyl/N-ethyl adjacent to an activating group) is 2. The van der Waals surface area contributed by atoms with E-state index in [2.05, 4.69) is 35.2 Å². The van der Waals surface area contributed by atoms with Crippen molar-refractivity contribution in [2.45, 2.75) is 62.9 Å². The SMILES string of the molecule is CN(CC(=O)N(C)C1(C#N)CCCCC1)[C@H]1CCCc2ccccc21. The Labute approximate surface area is 151 Å². The average Bonchev–Trinajstić information content (AvgIpc) is 2.67. The van der Waals surface area contributed by atoms with E-state index in [1.165, 1.54) is 17.5 Å². The fourth-order valence-corrected chi connectivity index (χ4v) is 4.51. The summed E-state index contributed by atoms with van der Waals surface area (Å²) in [5, 5.41) is 9.72. The number of hydrogen-bond donors (Lipinski definition) is 0. The van der Waals surface area contributed by atoms with Gasteiger partial charge in [0, 0.05) is 13.1 Å². The first-order chi connectivity index (χ1) is 12.1. The van der Waals surface area contributed by atoms with Gasteiger partial charge in [0.1, 0.15) is 5.54 Å². The van der Waals surface area contributed by atoms with Crippen LogP contribution < -0.4 is 0 Å². The van der Waals surface area contributed by atoms with Gasteiger partial charge in [-0.3, -0.25) is 9.69 Å². The minimum Gasteiger partial charge on any atom is -0.326 e. The van der Waals surface area contributed by atoms with Gasteiger partial charge >= 0.3 is 0 Å². The summed E-state index contributed by atoms with van der Waals surface area (Å²) in [5.41, 5.74) is 2.17. The zero-order chi connectivity index (χ0) is 17.9. The average molecular weight is 339 g/mol. The van der Waals surface area contributed by atoms with Crippen molar-refractivity contribution < 1.29 is 4.79 Å². The molecule has 0 saturated heterocycles. The molecule has 0 spiro atoms. The summed E-state index contributed by atoms with van der Waals surface area (Å²) in [6.45, 7) is 0.374. The number of carbonyl (C=O) groups is 1. The zero-order valence-electron chi connectivity index (χ0n) is 15.5. The first-order valence-electron chi connectivity index (χ1n) is 9.53. The first kappa shape index (κ1) is 17.9. The van der Waals surface area contributed by atoms with Gasteiger partial charge in [-0.05, 0) is 50.3 Å². The number of amides is 1. The van der Waals surface area contributed by atoms with Crippen LogP contribution in [0.1, 0.15) is 62.1 Å². The molecule has 1 saturated carbocycles. The summed E-state index contributed by atoms with van der Waals surface area (Å²) in [7, 11) is 3.86. The molecule has 1 fully saturated rings. The highest BCUT2D eigenvalue weighted by atomic mass is 16.2. The lowest BCUT2D eigenvalue weighted by Crippen LogP contribution is -2.52. The predicted molar refractivity (Wildman–Crippen MR) is 99.0 cm³/mol. The van der Waals surface area contributed by atoms with Crippen molar-refractivity contribution in [1.29, 1.82) is 5.26 Å². The number of carbonyl (C=O) groups excluding carboxylic acids is 1. The van der Waals surface area contributed by atoms with Crippen LogP contribution in [0.25, 0.3) is 0 Å². The van der Waals surface area contributed by atoms with Crippen LogP contribution >= 0.6 is 0 Å². The minimum absolute atomic E-state index is 0.0639. The molecule has 3 rings (SSSR count). The molecule has 0 aromatic heterocycles. The Bertz CT molecular complexity index is 657. The third-order valence-electron chi connectivity index (χ3n) is 6.16. The largest absolute Gasteiger partial charge is 0.326 e. The van der Waals surface area contributed by atoms with E-state index in [1.807, 2.05) is 14.1 Å². The number of hydrogen-bond acceptors (Lipinski definition) is 3. The van der Waals surface area contributed by atoms with Crippen LogP contribution in [0.5, 0.6) is 0 Å². The maximum Gasteiger partial charge on any atom is 0.237 e. The highest BCUT2D eigenvalue weighted by Gasteiger charge is 2.39. The molecule has 1 aromatic rings. The molecule has 2 aliphatic carbocycles. The van der Waals surface area contributed by atoms with E-state index in [9.17, 15) is 10.1 Å². The van der Waals surface area contributed by atoms with E-state index in [-0.39, 0.29) is 5.91 Å². The quantitative estimate of drug-likeness (QED) is 0.841. The number of benzene rings is 1. The fraction of sp³-hybridized carbons (Fsp3) is 0.619.